The molecule has 1 heterocycles. The van der Waals surface area contributed by atoms with Gasteiger partial charge in [0.1, 0.15) is 5.75 Å². The summed E-state index contributed by atoms with van der Waals surface area (Å²) in [5.74, 6) is 0.589. The van der Waals surface area contributed by atoms with Crippen LogP contribution >= 0.6 is 11.6 Å². The molecular formula is C15H20ClNO3. The number of hydrogen-bond acceptors (Lipinski definition) is 3. The molecule has 1 amide bonds. The van der Waals surface area contributed by atoms with Gasteiger partial charge in [-0.3, -0.25) is 4.79 Å². The molecule has 110 valence electrons. The van der Waals surface area contributed by atoms with Gasteiger partial charge in [0.2, 0.25) is 0 Å². The minimum absolute atomic E-state index is 0.0123. The van der Waals surface area contributed by atoms with Crippen molar-refractivity contribution in [2.75, 3.05) is 13.2 Å². The Morgan fingerprint density at radius 3 is 3.00 bits per heavy atom. The van der Waals surface area contributed by atoms with Gasteiger partial charge in [0.05, 0.1) is 12.6 Å². The average Bonchev–Trinajstić information content (AvgIpc) is 2.89. The normalized spacial score (nSPS) is 20.0. The second-order valence-electron chi connectivity index (χ2n) is 5.18. The molecule has 20 heavy (non-hydrogen) atoms. The van der Waals surface area contributed by atoms with Crippen LogP contribution in [0.25, 0.3) is 0 Å². The zero-order chi connectivity index (χ0) is 14.7. The van der Waals surface area contributed by atoms with Crippen molar-refractivity contribution in [3.63, 3.8) is 0 Å². The summed E-state index contributed by atoms with van der Waals surface area (Å²) in [6.45, 7) is 4.34. The maximum absolute atomic E-state index is 12.4. The molecule has 4 nitrogen and oxygen atoms in total. The fraction of sp³-hybridized carbons (Fsp3) is 0.533. The van der Waals surface area contributed by atoms with Crippen molar-refractivity contribution < 1.29 is 14.6 Å². The van der Waals surface area contributed by atoms with Crippen LogP contribution in [0.3, 0.4) is 0 Å². The first-order chi connectivity index (χ1) is 9.52. The van der Waals surface area contributed by atoms with Gasteiger partial charge in [-0.1, -0.05) is 11.6 Å². The van der Waals surface area contributed by atoms with Gasteiger partial charge in [0, 0.05) is 11.6 Å². The molecule has 0 radical (unpaired) electrons. The number of aryl methyl sites for hydroxylation is 1. The van der Waals surface area contributed by atoms with Gasteiger partial charge in [-0.25, -0.2) is 0 Å². The van der Waals surface area contributed by atoms with Gasteiger partial charge in [-0.15, -0.1) is 0 Å². The predicted octanol–water partition coefficient (Wildman–Crippen LogP) is 2.40. The SMILES string of the molecule is Cc1cc(Cl)ccc1OC(C)C(=O)N1CCCC1CO. The number of aliphatic hydroxyl groups excluding tert-OH is 1. The molecule has 1 aromatic carbocycles. The topological polar surface area (TPSA) is 49.8 Å². The Hall–Kier alpha value is -1.26. The van der Waals surface area contributed by atoms with E-state index in [9.17, 15) is 9.90 Å². The number of likely N-dealkylation sites (tertiary alicyclic amines) is 1. The fourth-order valence-corrected chi connectivity index (χ4v) is 2.76. The van der Waals surface area contributed by atoms with Crippen LogP contribution in [0.1, 0.15) is 25.3 Å². The molecule has 1 saturated heterocycles. The van der Waals surface area contributed by atoms with Crippen LogP contribution in [0, 0.1) is 6.92 Å². The minimum Gasteiger partial charge on any atom is -0.481 e. The Morgan fingerprint density at radius 1 is 1.60 bits per heavy atom. The average molecular weight is 298 g/mol. The summed E-state index contributed by atoms with van der Waals surface area (Å²) in [5, 5.41) is 9.93. The van der Waals surface area contributed by atoms with Crippen molar-refractivity contribution in [3.8, 4) is 5.75 Å². The van der Waals surface area contributed by atoms with Crippen molar-refractivity contribution >= 4 is 17.5 Å². The van der Waals surface area contributed by atoms with Crippen molar-refractivity contribution in [3.05, 3.63) is 28.8 Å². The van der Waals surface area contributed by atoms with Crippen LogP contribution in [0.2, 0.25) is 5.02 Å². The summed E-state index contributed by atoms with van der Waals surface area (Å²) < 4.78 is 5.74. The van der Waals surface area contributed by atoms with Gasteiger partial charge < -0.3 is 14.7 Å². The highest BCUT2D eigenvalue weighted by atomic mass is 35.5. The molecule has 1 fully saturated rings. The lowest BCUT2D eigenvalue weighted by Gasteiger charge is -2.26. The summed E-state index contributed by atoms with van der Waals surface area (Å²) >= 11 is 5.90. The van der Waals surface area contributed by atoms with E-state index in [2.05, 4.69) is 0 Å². The van der Waals surface area contributed by atoms with Crippen LogP contribution in [0.5, 0.6) is 5.75 Å². The smallest absolute Gasteiger partial charge is 0.263 e. The second-order valence-corrected chi connectivity index (χ2v) is 5.62. The standard InChI is InChI=1S/C15H20ClNO3/c1-10-8-12(16)5-6-14(10)20-11(2)15(19)17-7-3-4-13(17)9-18/h5-6,8,11,13,18H,3-4,7,9H2,1-2H3. The number of aliphatic hydroxyl groups is 1. The number of halogens is 1. The Bertz CT molecular complexity index is 492. The van der Waals surface area contributed by atoms with E-state index in [0.29, 0.717) is 17.3 Å². The summed E-state index contributed by atoms with van der Waals surface area (Å²) in [4.78, 5) is 14.1. The molecule has 2 atom stereocenters. The highest BCUT2D eigenvalue weighted by Gasteiger charge is 2.31. The number of hydrogen-bond donors (Lipinski definition) is 1. The first kappa shape index (κ1) is 15.1. The number of carbonyl (C=O) groups is 1. The van der Waals surface area contributed by atoms with Crippen molar-refractivity contribution in [2.45, 2.75) is 38.8 Å². The summed E-state index contributed by atoms with van der Waals surface area (Å²) in [6.07, 6.45) is 1.22. The maximum Gasteiger partial charge on any atom is 0.263 e. The zero-order valence-corrected chi connectivity index (χ0v) is 12.6. The molecule has 2 unspecified atom stereocenters. The highest BCUT2D eigenvalue weighted by Crippen LogP contribution is 2.24. The lowest BCUT2D eigenvalue weighted by Crippen LogP contribution is -2.44. The van der Waals surface area contributed by atoms with Crippen molar-refractivity contribution in [1.82, 2.24) is 4.90 Å². The Morgan fingerprint density at radius 2 is 2.35 bits per heavy atom. The molecule has 2 rings (SSSR count). The van der Waals surface area contributed by atoms with E-state index in [0.717, 1.165) is 18.4 Å². The molecule has 0 aromatic heterocycles. The predicted molar refractivity (Wildman–Crippen MR) is 78.1 cm³/mol. The maximum atomic E-state index is 12.4. The fourth-order valence-electron chi connectivity index (χ4n) is 2.54. The van der Waals surface area contributed by atoms with Crippen LogP contribution in [-0.4, -0.2) is 41.2 Å². The van der Waals surface area contributed by atoms with E-state index in [1.807, 2.05) is 6.92 Å². The van der Waals surface area contributed by atoms with Crippen LogP contribution in [-0.2, 0) is 4.79 Å². The zero-order valence-electron chi connectivity index (χ0n) is 11.8. The second kappa shape index (κ2) is 6.46. The highest BCUT2D eigenvalue weighted by molar-refractivity contribution is 6.30. The minimum atomic E-state index is -0.568. The van der Waals surface area contributed by atoms with E-state index in [4.69, 9.17) is 16.3 Å². The van der Waals surface area contributed by atoms with Gasteiger partial charge in [-0.2, -0.15) is 0 Å². The van der Waals surface area contributed by atoms with E-state index >= 15 is 0 Å². The Balaban J connectivity index is 2.04. The first-order valence-corrected chi connectivity index (χ1v) is 7.25. The first-order valence-electron chi connectivity index (χ1n) is 6.87. The molecule has 0 saturated carbocycles. The number of ether oxygens (including phenoxy) is 1. The van der Waals surface area contributed by atoms with E-state index in [-0.39, 0.29) is 18.6 Å². The largest absolute Gasteiger partial charge is 0.481 e. The molecular weight excluding hydrogens is 278 g/mol. The monoisotopic (exact) mass is 297 g/mol. The molecule has 0 bridgehead atoms. The van der Waals surface area contributed by atoms with Crippen molar-refractivity contribution in [2.24, 2.45) is 0 Å². The molecule has 1 aromatic rings. The number of amides is 1. The molecule has 5 heteroatoms. The molecule has 1 aliphatic heterocycles. The lowest BCUT2D eigenvalue weighted by molar-refractivity contribution is -0.139. The van der Waals surface area contributed by atoms with Crippen LogP contribution < -0.4 is 4.74 Å². The van der Waals surface area contributed by atoms with E-state index in [1.165, 1.54) is 0 Å². The molecule has 1 aliphatic rings. The van der Waals surface area contributed by atoms with Crippen LogP contribution in [0.4, 0.5) is 0 Å². The van der Waals surface area contributed by atoms with E-state index in [1.54, 1.807) is 30.0 Å². The van der Waals surface area contributed by atoms with Gasteiger partial charge in [0.25, 0.3) is 5.91 Å². The van der Waals surface area contributed by atoms with Gasteiger partial charge in [-0.05, 0) is 50.5 Å². The lowest BCUT2D eigenvalue weighted by atomic mass is 10.2. The Labute approximate surface area is 124 Å². The summed E-state index contributed by atoms with van der Waals surface area (Å²) in [6, 6.07) is 5.25. The molecule has 0 aliphatic carbocycles. The summed E-state index contributed by atoms with van der Waals surface area (Å²) in [7, 11) is 0. The third-order valence-electron chi connectivity index (χ3n) is 3.66. The van der Waals surface area contributed by atoms with Crippen LogP contribution in [0.15, 0.2) is 18.2 Å². The molecule has 1 N–H and O–H groups in total. The quantitative estimate of drug-likeness (QED) is 0.928. The third-order valence-corrected chi connectivity index (χ3v) is 3.89. The van der Waals surface area contributed by atoms with Gasteiger partial charge in [0.15, 0.2) is 6.10 Å². The Kier molecular flexibility index (Phi) is 4.89. The molecule has 0 spiro atoms. The van der Waals surface area contributed by atoms with Gasteiger partial charge >= 0.3 is 0 Å². The number of rotatable bonds is 4. The third kappa shape index (κ3) is 3.25. The number of benzene rings is 1. The number of nitrogens with zero attached hydrogens (tertiary/aromatic N) is 1. The van der Waals surface area contributed by atoms with Crippen molar-refractivity contribution in [1.29, 1.82) is 0 Å². The number of carbonyl (C=O) groups excluding carboxylic acids is 1. The van der Waals surface area contributed by atoms with E-state index < -0.39 is 6.10 Å². The summed E-state index contributed by atoms with van der Waals surface area (Å²) in [5.41, 5.74) is 0.900.